The SMILES string of the molecule is CCNCCC=CCc1cc(Cl)ccc1OC. The molecule has 3 heteroatoms. The van der Waals surface area contributed by atoms with Crippen molar-refractivity contribution >= 4 is 11.6 Å². The van der Waals surface area contributed by atoms with Gasteiger partial charge in [0.15, 0.2) is 0 Å². The Hall–Kier alpha value is -0.990. The molecule has 0 radical (unpaired) electrons. The second-order valence-electron chi connectivity index (χ2n) is 3.77. The van der Waals surface area contributed by atoms with Crippen molar-refractivity contribution in [2.75, 3.05) is 20.2 Å². The van der Waals surface area contributed by atoms with Crippen LogP contribution in [0.15, 0.2) is 30.4 Å². The Bertz CT molecular complexity index is 363. The highest BCUT2D eigenvalue weighted by Crippen LogP contribution is 2.23. The summed E-state index contributed by atoms with van der Waals surface area (Å²) in [7, 11) is 1.68. The molecule has 0 fully saturated rings. The number of nitrogens with one attached hydrogen (secondary N) is 1. The van der Waals surface area contributed by atoms with Crippen LogP contribution in [0.1, 0.15) is 18.9 Å². The molecular weight excluding hydrogens is 234 g/mol. The first-order chi connectivity index (χ1) is 8.27. The maximum absolute atomic E-state index is 5.97. The van der Waals surface area contributed by atoms with Gasteiger partial charge >= 0.3 is 0 Å². The van der Waals surface area contributed by atoms with Crippen molar-refractivity contribution in [2.24, 2.45) is 0 Å². The summed E-state index contributed by atoms with van der Waals surface area (Å²) in [6.45, 7) is 4.16. The lowest BCUT2D eigenvalue weighted by molar-refractivity contribution is 0.410. The van der Waals surface area contributed by atoms with E-state index in [0.717, 1.165) is 42.3 Å². The number of halogens is 1. The number of benzene rings is 1. The molecule has 2 nitrogen and oxygen atoms in total. The predicted molar refractivity (Wildman–Crippen MR) is 74.0 cm³/mol. The van der Waals surface area contributed by atoms with E-state index < -0.39 is 0 Å². The molecule has 17 heavy (non-hydrogen) atoms. The molecular formula is C14H20ClNO. The average molecular weight is 254 g/mol. The molecule has 0 aliphatic carbocycles. The number of allylic oxidation sites excluding steroid dienone is 1. The van der Waals surface area contributed by atoms with E-state index >= 15 is 0 Å². The van der Waals surface area contributed by atoms with Gasteiger partial charge in [-0.3, -0.25) is 0 Å². The molecule has 0 saturated heterocycles. The molecule has 0 saturated carbocycles. The Kier molecular flexibility index (Phi) is 6.75. The summed E-state index contributed by atoms with van der Waals surface area (Å²) in [5, 5.41) is 4.03. The van der Waals surface area contributed by atoms with Crippen molar-refractivity contribution in [3.05, 3.63) is 40.9 Å². The highest BCUT2D eigenvalue weighted by atomic mass is 35.5. The Labute approximate surface area is 109 Å². The van der Waals surface area contributed by atoms with Gasteiger partial charge in [-0.05, 0) is 49.7 Å². The molecule has 0 amide bonds. The third-order valence-corrected chi connectivity index (χ3v) is 2.72. The van der Waals surface area contributed by atoms with Gasteiger partial charge in [-0.25, -0.2) is 0 Å². The summed E-state index contributed by atoms with van der Waals surface area (Å²) < 4.78 is 5.29. The van der Waals surface area contributed by atoms with Gasteiger partial charge in [-0.15, -0.1) is 0 Å². The van der Waals surface area contributed by atoms with Crippen molar-refractivity contribution < 1.29 is 4.74 Å². The van der Waals surface area contributed by atoms with Crippen LogP contribution in [0.4, 0.5) is 0 Å². The number of ether oxygens (including phenoxy) is 1. The standard InChI is InChI=1S/C14H20ClNO/c1-3-16-10-6-4-5-7-12-11-13(15)8-9-14(12)17-2/h4-5,8-9,11,16H,3,6-7,10H2,1-2H3. The summed E-state index contributed by atoms with van der Waals surface area (Å²) in [5.74, 6) is 0.894. The van der Waals surface area contributed by atoms with Gasteiger partial charge in [-0.2, -0.15) is 0 Å². The summed E-state index contributed by atoms with van der Waals surface area (Å²) in [5.41, 5.74) is 1.12. The lowest BCUT2D eigenvalue weighted by Crippen LogP contribution is -2.12. The second-order valence-corrected chi connectivity index (χ2v) is 4.21. The van der Waals surface area contributed by atoms with Crippen molar-refractivity contribution in [1.82, 2.24) is 5.32 Å². The lowest BCUT2D eigenvalue weighted by atomic mass is 10.1. The Morgan fingerprint density at radius 1 is 1.35 bits per heavy atom. The molecule has 0 spiro atoms. The fraction of sp³-hybridized carbons (Fsp3) is 0.429. The van der Waals surface area contributed by atoms with Gasteiger partial charge in [0.2, 0.25) is 0 Å². The van der Waals surface area contributed by atoms with E-state index in [2.05, 4.69) is 24.4 Å². The van der Waals surface area contributed by atoms with E-state index in [1.807, 2.05) is 18.2 Å². The van der Waals surface area contributed by atoms with E-state index in [1.54, 1.807) is 7.11 Å². The molecule has 0 unspecified atom stereocenters. The molecule has 1 N–H and O–H groups in total. The molecule has 0 aliphatic heterocycles. The van der Waals surface area contributed by atoms with Crippen molar-refractivity contribution in [2.45, 2.75) is 19.8 Å². The Balaban J connectivity index is 2.47. The van der Waals surface area contributed by atoms with Crippen LogP contribution in [-0.4, -0.2) is 20.2 Å². The zero-order valence-electron chi connectivity index (χ0n) is 10.5. The topological polar surface area (TPSA) is 21.3 Å². The molecule has 94 valence electrons. The normalized spacial score (nSPS) is 11.0. The number of methoxy groups -OCH3 is 1. The minimum absolute atomic E-state index is 0.752. The molecule has 0 aromatic heterocycles. The van der Waals surface area contributed by atoms with Crippen molar-refractivity contribution in [3.63, 3.8) is 0 Å². The molecule has 1 aromatic carbocycles. The van der Waals surface area contributed by atoms with Gasteiger partial charge in [0.05, 0.1) is 7.11 Å². The third-order valence-electron chi connectivity index (χ3n) is 2.48. The van der Waals surface area contributed by atoms with Crippen molar-refractivity contribution in [3.8, 4) is 5.75 Å². The van der Waals surface area contributed by atoms with E-state index in [-0.39, 0.29) is 0 Å². The minimum atomic E-state index is 0.752. The number of hydrogen-bond donors (Lipinski definition) is 1. The summed E-state index contributed by atoms with van der Waals surface area (Å²) in [4.78, 5) is 0. The first-order valence-corrected chi connectivity index (χ1v) is 6.33. The van der Waals surface area contributed by atoms with Crippen LogP contribution in [0.25, 0.3) is 0 Å². The molecule has 1 aromatic rings. The van der Waals surface area contributed by atoms with E-state index in [0.29, 0.717) is 0 Å². The van der Waals surface area contributed by atoms with Crippen LogP contribution in [-0.2, 0) is 6.42 Å². The quantitative estimate of drug-likeness (QED) is 0.594. The van der Waals surface area contributed by atoms with E-state index in [9.17, 15) is 0 Å². The minimum Gasteiger partial charge on any atom is -0.496 e. The first-order valence-electron chi connectivity index (χ1n) is 5.96. The molecule has 0 heterocycles. The van der Waals surface area contributed by atoms with Gasteiger partial charge in [0.1, 0.15) is 5.75 Å². The summed E-state index contributed by atoms with van der Waals surface area (Å²) in [6, 6.07) is 5.71. The molecule has 0 aliphatic rings. The maximum Gasteiger partial charge on any atom is 0.122 e. The van der Waals surface area contributed by atoms with Crippen LogP contribution in [0.3, 0.4) is 0 Å². The highest BCUT2D eigenvalue weighted by Gasteiger charge is 2.01. The van der Waals surface area contributed by atoms with E-state index in [4.69, 9.17) is 16.3 Å². The van der Waals surface area contributed by atoms with Gasteiger partial charge in [-0.1, -0.05) is 30.7 Å². The van der Waals surface area contributed by atoms with Crippen LogP contribution in [0, 0.1) is 0 Å². The third kappa shape index (κ3) is 5.24. The molecule has 1 rings (SSSR count). The van der Waals surface area contributed by atoms with Crippen molar-refractivity contribution in [1.29, 1.82) is 0 Å². The van der Waals surface area contributed by atoms with Crippen LogP contribution in [0.2, 0.25) is 5.02 Å². The average Bonchev–Trinajstić information content (AvgIpc) is 2.34. The second kappa shape index (κ2) is 8.15. The fourth-order valence-electron chi connectivity index (χ4n) is 1.60. The first kappa shape index (κ1) is 14.1. The molecule has 0 atom stereocenters. The smallest absolute Gasteiger partial charge is 0.122 e. The van der Waals surface area contributed by atoms with Crippen LogP contribution in [0.5, 0.6) is 5.75 Å². The summed E-state index contributed by atoms with van der Waals surface area (Å²) >= 11 is 5.97. The van der Waals surface area contributed by atoms with E-state index in [1.165, 1.54) is 0 Å². The van der Waals surface area contributed by atoms with Gasteiger partial charge in [0.25, 0.3) is 0 Å². The number of rotatable bonds is 7. The van der Waals surface area contributed by atoms with Gasteiger partial charge in [0, 0.05) is 5.02 Å². The van der Waals surface area contributed by atoms with Crippen LogP contribution >= 0.6 is 11.6 Å². The monoisotopic (exact) mass is 253 g/mol. The predicted octanol–water partition coefficient (Wildman–Crippen LogP) is 3.45. The molecule has 0 bridgehead atoms. The summed E-state index contributed by atoms with van der Waals surface area (Å²) in [6.07, 6.45) is 6.25. The number of hydrogen-bond acceptors (Lipinski definition) is 2. The lowest BCUT2D eigenvalue weighted by Gasteiger charge is -2.06. The zero-order chi connectivity index (χ0) is 12.5. The zero-order valence-corrected chi connectivity index (χ0v) is 11.3. The van der Waals surface area contributed by atoms with Crippen LogP contribution < -0.4 is 10.1 Å². The fourth-order valence-corrected chi connectivity index (χ4v) is 1.79. The maximum atomic E-state index is 5.97. The Morgan fingerprint density at radius 3 is 2.88 bits per heavy atom. The van der Waals surface area contributed by atoms with Gasteiger partial charge < -0.3 is 10.1 Å². The highest BCUT2D eigenvalue weighted by molar-refractivity contribution is 6.30. The Morgan fingerprint density at radius 2 is 2.18 bits per heavy atom. The largest absolute Gasteiger partial charge is 0.496 e.